The highest BCUT2D eigenvalue weighted by Gasteiger charge is 2.31. The van der Waals surface area contributed by atoms with Crippen molar-refractivity contribution < 1.29 is 14.6 Å². The van der Waals surface area contributed by atoms with E-state index in [4.69, 9.17) is 4.74 Å². The molecule has 0 bridgehead atoms. The van der Waals surface area contributed by atoms with E-state index in [1.807, 2.05) is 0 Å². The van der Waals surface area contributed by atoms with E-state index in [0.29, 0.717) is 12.5 Å². The zero-order chi connectivity index (χ0) is 30.3. The van der Waals surface area contributed by atoms with Crippen molar-refractivity contribution in [3.63, 3.8) is 0 Å². The third-order valence-corrected chi connectivity index (χ3v) is 8.14. The fourth-order valence-corrected chi connectivity index (χ4v) is 5.38. The molecule has 4 heteroatoms. The van der Waals surface area contributed by atoms with Crippen LogP contribution in [-0.2, 0) is 22.9 Å². The average molecular weight is 554 g/mol. The minimum atomic E-state index is -0.935. The van der Waals surface area contributed by atoms with Gasteiger partial charge in [-0.3, -0.25) is 0 Å². The van der Waals surface area contributed by atoms with Crippen LogP contribution in [-0.4, -0.2) is 11.1 Å². The fourth-order valence-electron chi connectivity index (χ4n) is 5.38. The van der Waals surface area contributed by atoms with E-state index in [1.54, 1.807) is 24.3 Å². The quantitative estimate of drug-likeness (QED) is 0.306. The van der Waals surface area contributed by atoms with Crippen LogP contribution in [0.4, 0.5) is 11.4 Å². The van der Waals surface area contributed by atoms with E-state index in [2.05, 4.69) is 111 Å². The van der Waals surface area contributed by atoms with E-state index < -0.39 is 5.97 Å². The van der Waals surface area contributed by atoms with Crippen molar-refractivity contribution in [3.8, 4) is 5.75 Å². The molecular weight excluding hydrogens is 506 g/mol. The highest BCUT2D eigenvalue weighted by Crippen LogP contribution is 2.46. The van der Waals surface area contributed by atoms with Crippen LogP contribution in [0.25, 0.3) is 5.57 Å². The largest absolute Gasteiger partial charge is 0.487 e. The molecule has 0 aromatic heterocycles. The predicted octanol–water partition coefficient (Wildman–Crippen LogP) is 10.0. The number of carboxylic acids is 1. The van der Waals surface area contributed by atoms with Crippen LogP contribution < -0.4 is 10.1 Å². The molecule has 0 spiro atoms. The van der Waals surface area contributed by atoms with Gasteiger partial charge >= 0.3 is 5.97 Å². The Morgan fingerprint density at radius 3 is 2.02 bits per heavy atom. The SMILES string of the molecule is CC(C)C1=CCC(C)(C)c2cc(OCc3cc(C(C)(C)C)cc(C(C)(C)C)c3)c(Nc3ccc(C(=O)O)cc3)cc21. The molecule has 0 fully saturated rings. The molecule has 0 unspecified atom stereocenters. The van der Waals surface area contributed by atoms with Gasteiger partial charge in [0.15, 0.2) is 0 Å². The van der Waals surface area contributed by atoms with Crippen molar-refractivity contribution in [1.29, 1.82) is 0 Å². The van der Waals surface area contributed by atoms with E-state index in [1.165, 1.54) is 27.8 Å². The Balaban J connectivity index is 1.79. The minimum Gasteiger partial charge on any atom is -0.487 e. The molecule has 0 atom stereocenters. The van der Waals surface area contributed by atoms with E-state index in [9.17, 15) is 9.90 Å². The second-order valence-corrected chi connectivity index (χ2v) is 14.5. The van der Waals surface area contributed by atoms with Gasteiger partial charge in [-0.15, -0.1) is 0 Å². The van der Waals surface area contributed by atoms with Crippen molar-refractivity contribution in [3.05, 3.63) is 94.1 Å². The van der Waals surface area contributed by atoms with Crippen molar-refractivity contribution in [1.82, 2.24) is 0 Å². The smallest absolute Gasteiger partial charge is 0.335 e. The first-order valence-electron chi connectivity index (χ1n) is 14.7. The van der Waals surface area contributed by atoms with Crippen LogP contribution in [0.1, 0.15) is 114 Å². The molecule has 1 aliphatic rings. The summed E-state index contributed by atoms with van der Waals surface area (Å²) in [5.74, 6) is 0.258. The maximum atomic E-state index is 11.4. The average Bonchev–Trinajstić information content (AvgIpc) is 2.86. The van der Waals surface area contributed by atoms with Crippen LogP contribution in [0.2, 0.25) is 0 Å². The second-order valence-electron chi connectivity index (χ2n) is 14.5. The highest BCUT2D eigenvalue weighted by atomic mass is 16.5. The summed E-state index contributed by atoms with van der Waals surface area (Å²) >= 11 is 0. The van der Waals surface area contributed by atoms with Crippen LogP contribution in [0.3, 0.4) is 0 Å². The van der Waals surface area contributed by atoms with E-state index >= 15 is 0 Å². The van der Waals surface area contributed by atoms with Gasteiger partial charge < -0.3 is 15.2 Å². The molecular formula is C37H47NO3. The number of fused-ring (bicyclic) bond motifs is 1. The van der Waals surface area contributed by atoms with Gasteiger partial charge in [0.1, 0.15) is 12.4 Å². The zero-order valence-electron chi connectivity index (χ0n) is 26.5. The molecule has 0 amide bonds. The van der Waals surface area contributed by atoms with Gasteiger partial charge in [0, 0.05) is 5.69 Å². The molecule has 0 aliphatic heterocycles. The second kappa shape index (κ2) is 11.0. The topological polar surface area (TPSA) is 58.6 Å². The Hall–Kier alpha value is -3.53. The summed E-state index contributed by atoms with van der Waals surface area (Å²) in [6.07, 6.45) is 3.37. The van der Waals surface area contributed by atoms with Crippen LogP contribution in [0.5, 0.6) is 5.75 Å². The maximum Gasteiger partial charge on any atom is 0.335 e. The fraction of sp³-hybridized carbons (Fsp3) is 0.432. The Morgan fingerprint density at radius 2 is 1.51 bits per heavy atom. The first-order chi connectivity index (χ1) is 19.0. The molecule has 41 heavy (non-hydrogen) atoms. The number of rotatable bonds is 7. The van der Waals surface area contributed by atoms with Crippen molar-refractivity contribution in [2.24, 2.45) is 5.92 Å². The third kappa shape index (κ3) is 6.86. The molecule has 0 saturated carbocycles. The molecule has 0 saturated heterocycles. The van der Waals surface area contributed by atoms with Gasteiger partial charge in [0.05, 0.1) is 11.3 Å². The van der Waals surface area contributed by atoms with Gasteiger partial charge in [0.25, 0.3) is 0 Å². The number of carbonyl (C=O) groups is 1. The Kier molecular flexibility index (Phi) is 8.19. The summed E-state index contributed by atoms with van der Waals surface area (Å²) in [6, 6.07) is 18.2. The first-order valence-corrected chi connectivity index (χ1v) is 14.7. The van der Waals surface area contributed by atoms with E-state index in [0.717, 1.165) is 29.1 Å². The summed E-state index contributed by atoms with van der Waals surface area (Å²) in [6.45, 7) is 23.0. The minimum absolute atomic E-state index is 0.0148. The molecule has 3 aromatic carbocycles. The maximum absolute atomic E-state index is 11.4. The molecule has 4 rings (SSSR count). The number of carboxylic acid groups (broad SMARTS) is 1. The normalized spacial score (nSPS) is 14.9. The molecule has 3 aromatic rings. The molecule has 0 heterocycles. The summed E-state index contributed by atoms with van der Waals surface area (Å²) in [7, 11) is 0. The van der Waals surface area contributed by atoms with Crippen LogP contribution >= 0.6 is 0 Å². The summed E-state index contributed by atoms with van der Waals surface area (Å²) in [5.41, 5.74) is 9.65. The summed E-state index contributed by atoms with van der Waals surface area (Å²) in [4.78, 5) is 11.4. The number of aromatic carboxylic acids is 1. The first kappa shape index (κ1) is 30.4. The number of ether oxygens (including phenoxy) is 1. The molecule has 0 radical (unpaired) electrons. The molecule has 2 N–H and O–H groups in total. The number of benzene rings is 3. The number of hydrogen-bond acceptors (Lipinski definition) is 3. The standard InChI is InChI=1S/C37H47NO3/c1-23(2)29-15-16-37(9,10)31-21-33(32(20-30(29)31)38-28-13-11-25(12-14-28)34(39)40)41-22-24-17-26(35(3,4)5)19-27(18-24)36(6,7)8/h11-15,17-21,23,38H,16,22H2,1-10H3,(H,39,40). The van der Waals surface area contributed by atoms with E-state index in [-0.39, 0.29) is 21.8 Å². The van der Waals surface area contributed by atoms with Gasteiger partial charge in [-0.2, -0.15) is 0 Å². The lowest BCUT2D eigenvalue weighted by Gasteiger charge is -2.34. The molecule has 218 valence electrons. The summed E-state index contributed by atoms with van der Waals surface area (Å²) in [5, 5.41) is 12.9. The van der Waals surface area contributed by atoms with Gasteiger partial charge in [-0.05, 0) is 98.4 Å². The Bertz CT molecular complexity index is 1430. The number of anilines is 2. The predicted molar refractivity (Wildman–Crippen MR) is 172 cm³/mol. The lowest BCUT2D eigenvalue weighted by Crippen LogP contribution is -2.23. The third-order valence-electron chi connectivity index (χ3n) is 8.14. The summed E-state index contributed by atoms with van der Waals surface area (Å²) < 4.78 is 6.67. The number of nitrogens with one attached hydrogen (secondary N) is 1. The van der Waals surface area contributed by atoms with Crippen molar-refractivity contribution >= 4 is 22.9 Å². The monoisotopic (exact) mass is 553 g/mol. The van der Waals surface area contributed by atoms with Crippen LogP contribution in [0.15, 0.2) is 60.7 Å². The zero-order valence-corrected chi connectivity index (χ0v) is 26.5. The van der Waals surface area contributed by atoms with Gasteiger partial charge in [0.2, 0.25) is 0 Å². The number of allylic oxidation sites excluding steroid dienone is 2. The Labute approximate surface area is 246 Å². The lowest BCUT2D eigenvalue weighted by molar-refractivity contribution is 0.0697. The van der Waals surface area contributed by atoms with Crippen molar-refractivity contribution in [2.75, 3.05) is 5.32 Å². The number of hydrogen-bond donors (Lipinski definition) is 2. The van der Waals surface area contributed by atoms with Gasteiger partial charge in [-0.1, -0.05) is 93.5 Å². The lowest BCUT2D eigenvalue weighted by atomic mass is 9.71. The molecule has 4 nitrogen and oxygen atoms in total. The van der Waals surface area contributed by atoms with Crippen LogP contribution in [0, 0.1) is 5.92 Å². The van der Waals surface area contributed by atoms with Gasteiger partial charge in [-0.25, -0.2) is 4.79 Å². The Morgan fingerprint density at radius 1 is 0.927 bits per heavy atom. The molecule has 1 aliphatic carbocycles. The van der Waals surface area contributed by atoms with Crippen molar-refractivity contribution in [2.45, 2.75) is 98.5 Å². The highest BCUT2D eigenvalue weighted by molar-refractivity contribution is 5.88.